The van der Waals surface area contributed by atoms with Gasteiger partial charge in [0.2, 0.25) is 0 Å². The van der Waals surface area contributed by atoms with Crippen molar-refractivity contribution in [3.63, 3.8) is 0 Å². The van der Waals surface area contributed by atoms with Crippen molar-refractivity contribution in [1.29, 1.82) is 0 Å². The van der Waals surface area contributed by atoms with Crippen molar-refractivity contribution < 1.29 is 4.79 Å². The van der Waals surface area contributed by atoms with Crippen molar-refractivity contribution >= 4 is 17.1 Å². The summed E-state index contributed by atoms with van der Waals surface area (Å²) in [6.07, 6.45) is 0.716. The first kappa shape index (κ1) is 15.4. The van der Waals surface area contributed by atoms with E-state index in [1.165, 1.54) is 0 Å². The van der Waals surface area contributed by atoms with E-state index in [2.05, 4.69) is 47.0 Å². The zero-order chi connectivity index (χ0) is 15.5. The predicted molar refractivity (Wildman–Crippen MR) is 85.3 cm³/mol. The molecule has 1 aromatic heterocycles. The fourth-order valence-corrected chi connectivity index (χ4v) is 2.11. The highest BCUT2D eigenvalue weighted by molar-refractivity contribution is 5.76. The van der Waals surface area contributed by atoms with Gasteiger partial charge in [-0.15, -0.1) is 0 Å². The Labute approximate surface area is 125 Å². The minimum Gasteiger partial charge on any atom is -0.338 e. The number of urea groups is 1. The van der Waals surface area contributed by atoms with Gasteiger partial charge < -0.3 is 15.2 Å². The Morgan fingerprint density at radius 1 is 1.24 bits per heavy atom. The van der Waals surface area contributed by atoms with Crippen molar-refractivity contribution in [2.24, 2.45) is 12.5 Å². The number of aromatic nitrogens is 2. The van der Waals surface area contributed by atoms with Crippen molar-refractivity contribution in [1.82, 2.24) is 20.2 Å². The molecule has 5 nitrogen and oxygen atoms in total. The molecule has 114 valence electrons. The summed E-state index contributed by atoms with van der Waals surface area (Å²) in [4.78, 5) is 16.3. The van der Waals surface area contributed by atoms with Gasteiger partial charge in [-0.1, -0.05) is 32.9 Å². The normalized spacial score (nSPS) is 11.6. The van der Waals surface area contributed by atoms with Crippen LogP contribution in [0.25, 0.3) is 11.0 Å². The number of fused-ring (bicyclic) bond motifs is 1. The first-order valence-electron chi connectivity index (χ1n) is 7.29. The molecule has 21 heavy (non-hydrogen) atoms. The maximum Gasteiger partial charge on any atom is 0.314 e. The summed E-state index contributed by atoms with van der Waals surface area (Å²) in [6.45, 7) is 7.50. The summed E-state index contributed by atoms with van der Waals surface area (Å²) in [7, 11) is 2.00. The Kier molecular flexibility index (Phi) is 4.50. The minimum absolute atomic E-state index is 0.0920. The Morgan fingerprint density at radius 3 is 2.62 bits per heavy atom. The lowest BCUT2D eigenvalue weighted by Crippen LogP contribution is -2.40. The molecule has 2 amide bonds. The number of para-hydroxylation sites is 2. The Bertz CT molecular complexity index is 625. The second kappa shape index (κ2) is 6.16. The third-order valence-corrected chi connectivity index (χ3v) is 3.29. The largest absolute Gasteiger partial charge is 0.338 e. The standard InChI is InChI=1S/C16H24N4O/c1-16(2,3)11-18-15(21)17-10-9-14-19-12-7-5-6-8-13(12)20(14)4/h5-8H,9-11H2,1-4H3,(H2,17,18,21). The lowest BCUT2D eigenvalue weighted by molar-refractivity contribution is 0.235. The lowest BCUT2D eigenvalue weighted by Gasteiger charge is -2.18. The van der Waals surface area contributed by atoms with E-state index in [1.807, 2.05) is 25.2 Å². The van der Waals surface area contributed by atoms with Crippen LogP contribution < -0.4 is 10.6 Å². The number of imidazole rings is 1. The number of nitrogens with zero attached hydrogens (tertiary/aromatic N) is 2. The van der Waals surface area contributed by atoms with Crippen molar-refractivity contribution in [3.05, 3.63) is 30.1 Å². The summed E-state index contributed by atoms with van der Waals surface area (Å²) < 4.78 is 2.07. The predicted octanol–water partition coefficient (Wildman–Crippen LogP) is 2.46. The second-order valence-corrected chi connectivity index (χ2v) is 6.50. The molecule has 0 atom stereocenters. The minimum atomic E-state index is -0.122. The van der Waals surface area contributed by atoms with E-state index < -0.39 is 0 Å². The van der Waals surface area contributed by atoms with Crippen LogP contribution in [0.3, 0.4) is 0 Å². The van der Waals surface area contributed by atoms with Gasteiger partial charge in [-0.05, 0) is 17.5 Å². The smallest absolute Gasteiger partial charge is 0.314 e. The van der Waals surface area contributed by atoms with Gasteiger partial charge in [-0.3, -0.25) is 0 Å². The van der Waals surface area contributed by atoms with Crippen LogP contribution in [0, 0.1) is 5.41 Å². The maximum atomic E-state index is 11.7. The quantitative estimate of drug-likeness (QED) is 0.908. The Morgan fingerprint density at radius 2 is 1.95 bits per heavy atom. The van der Waals surface area contributed by atoms with Crippen LogP contribution in [0.4, 0.5) is 4.79 Å². The molecule has 0 unspecified atom stereocenters. The van der Waals surface area contributed by atoms with Gasteiger partial charge in [0.15, 0.2) is 0 Å². The van der Waals surface area contributed by atoms with Gasteiger partial charge in [-0.2, -0.15) is 0 Å². The number of hydrogen-bond acceptors (Lipinski definition) is 2. The number of nitrogens with one attached hydrogen (secondary N) is 2. The Balaban J connectivity index is 1.85. The van der Waals surface area contributed by atoms with Crippen molar-refractivity contribution in [3.8, 4) is 0 Å². The first-order chi connectivity index (χ1) is 9.87. The molecule has 2 rings (SSSR count). The van der Waals surface area contributed by atoms with E-state index >= 15 is 0 Å². The van der Waals surface area contributed by atoms with Gasteiger partial charge in [0.05, 0.1) is 11.0 Å². The van der Waals surface area contributed by atoms with Crippen LogP contribution in [0.5, 0.6) is 0 Å². The molecule has 0 aliphatic carbocycles. The Hall–Kier alpha value is -2.04. The highest BCUT2D eigenvalue weighted by Crippen LogP contribution is 2.14. The van der Waals surface area contributed by atoms with Crippen molar-refractivity contribution in [2.75, 3.05) is 13.1 Å². The summed E-state index contributed by atoms with van der Waals surface area (Å²) >= 11 is 0. The SMILES string of the molecule is Cn1c(CCNC(=O)NCC(C)(C)C)nc2ccccc21. The van der Waals surface area contributed by atoms with Crippen molar-refractivity contribution in [2.45, 2.75) is 27.2 Å². The van der Waals surface area contributed by atoms with Crippen LogP contribution in [0.2, 0.25) is 0 Å². The van der Waals surface area contributed by atoms with Gasteiger partial charge in [0.1, 0.15) is 5.82 Å². The molecular weight excluding hydrogens is 264 g/mol. The monoisotopic (exact) mass is 288 g/mol. The van der Waals surface area contributed by atoms with Gasteiger partial charge in [0, 0.05) is 26.6 Å². The summed E-state index contributed by atoms with van der Waals surface area (Å²) in [6, 6.07) is 7.92. The molecule has 1 aromatic carbocycles. The van der Waals surface area contributed by atoms with E-state index in [-0.39, 0.29) is 11.4 Å². The van der Waals surface area contributed by atoms with Crippen LogP contribution in [0.1, 0.15) is 26.6 Å². The molecule has 0 bridgehead atoms. The van der Waals surface area contributed by atoms with Crippen LogP contribution in [0.15, 0.2) is 24.3 Å². The zero-order valence-electron chi connectivity index (χ0n) is 13.2. The summed E-state index contributed by atoms with van der Waals surface area (Å²) in [5.41, 5.74) is 2.20. The molecule has 0 saturated heterocycles. The fraction of sp³-hybridized carbons (Fsp3) is 0.500. The number of aryl methyl sites for hydroxylation is 1. The molecule has 0 fully saturated rings. The number of rotatable bonds is 4. The van der Waals surface area contributed by atoms with E-state index in [9.17, 15) is 4.79 Å². The second-order valence-electron chi connectivity index (χ2n) is 6.50. The number of hydrogen-bond donors (Lipinski definition) is 2. The topological polar surface area (TPSA) is 59.0 Å². The number of benzene rings is 1. The third kappa shape index (κ3) is 4.21. The van der Waals surface area contributed by atoms with Crippen LogP contribution in [-0.2, 0) is 13.5 Å². The van der Waals surface area contributed by atoms with E-state index in [0.29, 0.717) is 19.5 Å². The molecule has 0 aliphatic heterocycles. The number of carbonyl (C=O) groups excluding carboxylic acids is 1. The highest BCUT2D eigenvalue weighted by Gasteiger charge is 2.12. The molecule has 0 spiro atoms. The van der Waals surface area contributed by atoms with Gasteiger partial charge >= 0.3 is 6.03 Å². The van der Waals surface area contributed by atoms with Gasteiger partial charge in [-0.25, -0.2) is 9.78 Å². The van der Waals surface area contributed by atoms with Crippen LogP contribution >= 0.6 is 0 Å². The summed E-state index contributed by atoms with van der Waals surface area (Å²) in [5, 5.41) is 5.74. The first-order valence-corrected chi connectivity index (χ1v) is 7.29. The van der Waals surface area contributed by atoms with Gasteiger partial charge in [0.25, 0.3) is 0 Å². The molecular formula is C16H24N4O. The average Bonchev–Trinajstić information content (AvgIpc) is 2.73. The fourth-order valence-electron chi connectivity index (χ4n) is 2.11. The highest BCUT2D eigenvalue weighted by atomic mass is 16.2. The zero-order valence-corrected chi connectivity index (χ0v) is 13.2. The number of amides is 2. The van der Waals surface area contributed by atoms with E-state index in [4.69, 9.17) is 0 Å². The molecule has 1 heterocycles. The average molecular weight is 288 g/mol. The molecule has 2 N–H and O–H groups in total. The summed E-state index contributed by atoms with van der Waals surface area (Å²) in [5.74, 6) is 0.979. The van der Waals surface area contributed by atoms with E-state index in [0.717, 1.165) is 16.9 Å². The lowest BCUT2D eigenvalue weighted by atomic mass is 9.97. The number of carbonyl (C=O) groups is 1. The third-order valence-electron chi connectivity index (χ3n) is 3.29. The van der Waals surface area contributed by atoms with E-state index in [1.54, 1.807) is 0 Å². The maximum absolute atomic E-state index is 11.7. The molecule has 5 heteroatoms. The molecule has 0 saturated carbocycles. The van der Waals surface area contributed by atoms with Crippen LogP contribution in [-0.4, -0.2) is 28.7 Å². The molecule has 0 aliphatic rings. The molecule has 0 radical (unpaired) electrons. The molecule has 2 aromatic rings.